The van der Waals surface area contributed by atoms with Crippen LogP contribution in [0.4, 0.5) is 4.79 Å². The van der Waals surface area contributed by atoms with Gasteiger partial charge in [-0.15, -0.1) is 0 Å². The standard InChI is InChI=1S/C15H27NO3/c1-14(2,3)19-13(17)16-8-7-15(4,10-16)11-18-9-12-5-6-12/h12H,5-11H2,1-4H3. The Bertz CT molecular complexity index is 333. The summed E-state index contributed by atoms with van der Waals surface area (Å²) in [5.74, 6) is 0.798. The number of hydrogen-bond donors (Lipinski definition) is 0. The lowest BCUT2D eigenvalue weighted by atomic mass is 9.91. The van der Waals surface area contributed by atoms with Crippen molar-refractivity contribution in [3.63, 3.8) is 0 Å². The minimum absolute atomic E-state index is 0.0891. The lowest BCUT2D eigenvalue weighted by molar-refractivity contribution is 0.0211. The zero-order chi connectivity index (χ0) is 14.1. The monoisotopic (exact) mass is 269 g/mol. The quantitative estimate of drug-likeness (QED) is 0.787. The second kappa shape index (κ2) is 5.31. The van der Waals surface area contributed by atoms with Gasteiger partial charge in [-0.3, -0.25) is 0 Å². The van der Waals surface area contributed by atoms with E-state index in [0.717, 1.165) is 38.6 Å². The molecule has 0 spiro atoms. The van der Waals surface area contributed by atoms with Crippen molar-refractivity contribution >= 4 is 6.09 Å². The molecule has 4 nitrogen and oxygen atoms in total. The molecule has 1 saturated carbocycles. The molecular weight excluding hydrogens is 242 g/mol. The molecule has 1 heterocycles. The highest BCUT2D eigenvalue weighted by Gasteiger charge is 2.38. The molecule has 1 atom stereocenters. The van der Waals surface area contributed by atoms with Gasteiger partial charge in [0.1, 0.15) is 5.60 Å². The zero-order valence-corrected chi connectivity index (χ0v) is 12.7. The zero-order valence-electron chi connectivity index (χ0n) is 12.7. The van der Waals surface area contributed by atoms with Crippen molar-refractivity contribution in [1.82, 2.24) is 4.90 Å². The Kier molecular flexibility index (Phi) is 4.09. The molecule has 19 heavy (non-hydrogen) atoms. The molecule has 4 heteroatoms. The predicted molar refractivity (Wildman–Crippen MR) is 74.1 cm³/mol. The number of ether oxygens (including phenoxy) is 2. The summed E-state index contributed by atoms with van der Waals surface area (Å²) in [5, 5.41) is 0. The first-order valence-corrected chi connectivity index (χ1v) is 7.33. The predicted octanol–water partition coefficient (Wildman–Crippen LogP) is 3.06. The van der Waals surface area contributed by atoms with Gasteiger partial charge in [0, 0.05) is 25.1 Å². The first-order valence-electron chi connectivity index (χ1n) is 7.33. The fourth-order valence-corrected chi connectivity index (χ4v) is 2.38. The maximum atomic E-state index is 12.0. The van der Waals surface area contributed by atoms with E-state index in [1.165, 1.54) is 12.8 Å². The number of rotatable bonds is 4. The Hall–Kier alpha value is -0.770. The molecule has 0 N–H and O–H groups in total. The van der Waals surface area contributed by atoms with Crippen molar-refractivity contribution < 1.29 is 14.3 Å². The van der Waals surface area contributed by atoms with Crippen LogP contribution in [0.3, 0.4) is 0 Å². The smallest absolute Gasteiger partial charge is 0.410 e. The van der Waals surface area contributed by atoms with E-state index in [0.29, 0.717) is 0 Å². The molecule has 1 aliphatic heterocycles. The summed E-state index contributed by atoms with van der Waals surface area (Å²) in [6, 6.07) is 0. The number of hydrogen-bond acceptors (Lipinski definition) is 3. The van der Waals surface area contributed by atoms with Gasteiger partial charge in [-0.25, -0.2) is 4.79 Å². The summed E-state index contributed by atoms with van der Waals surface area (Å²) in [7, 11) is 0. The fraction of sp³-hybridized carbons (Fsp3) is 0.933. The summed E-state index contributed by atoms with van der Waals surface area (Å²) in [4.78, 5) is 13.8. The Morgan fingerprint density at radius 1 is 1.37 bits per heavy atom. The van der Waals surface area contributed by atoms with E-state index in [1.807, 2.05) is 25.7 Å². The van der Waals surface area contributed by atoms with E-state index in [9.17, 15) is 4.79 Å². The van der Waals surface area contributed by atoms with Crippen LogP contribution in [0.2, 0.25) is 0 Å². The van der Waals surface area contributed by atoms with Crippen LogP contribution in [-0.2, 0) is 9.47 Å². The van der Waals surface area contributed by atoms with Crippen LogP contribution in [0.25, 0.3) is 0 Å². The Labute approximate surface area is 116 Å². The number of likely N-dealkylation sites (tertiary alicyclic amines) is 1. The van der Waals surface area contributed by atoms with Crippen LogP contribution in [0, 0.1) is 11.3 Å². The van der Waals surface area contributed by atoms with Gasteiger partial charge in [0.2, 0.25) is 0 Å². The normalized spacial score (nSPS) is 27.7. The molecule has 0 aromatic rings. The molecule has 2 aliphatic rings. The van der Waals surface area contributed by atoms with Crippen molar-refractivity contribution in [2.75, 3.05) is 26.3 Å². The van der Waals surface area contributed by atoms with Crippen LogP contribution < -0.4 is 0 Å². The highest BCUT2D eigenvalue weighted by molar-refractivity contribution is 5.68. The van der Waals surface area contributed by atoms with Gasteiger partial charge in [-0.2, -0.15) is 0 Å². The average Bonchev–Trinajstić information content (AvgIpc) is 2.98. The highest BCUT2D eigenvalue weighted by atomic mass is 16.6. The van der Waals surface area contributed by atoms with Crippen LogP contribution in [0.5, 0.6) is 0 Å². The van der Waals surface area contributed by atoms with Crippen LogP contribution in [0.1, 0.15) is 47.0 Å². The number of carbonyl (C=O) groups is 1. The highest BCUT2D eigenvalue weighted by Crippen LogP contribution is 2.33. The summed E-state index contributed by atoms with van der Waals surface area (Å²) in [5.41, 5.74) is -0.329. The summed E-state index contributed by atoms with van der Waals surface area (Å²) in [6.07, 6.45) is 3.44. The van der Waals surface area contributed by atoms with Crippen LogP contribution in [0.15, 0.2) is 0 Å². The summed E-state index contributed by atoms with van der Waals surface area (Å²) < 4.78 is 11.2. The maximum absolute atomic E-state index is 12.0. The molecule has 110 valence electrons. The van der Waals surface area contributed by atoms with Gasteiger partial charge in [0.25, 0.3) is 0 Å². The van der Waals surface area contributed by atoms with Gasteiger partial charge < -0.3 is 14.4 Å². The second-order valence-corrected chi connectivity index (χ2v) is 7.42. The molecule has 2 fully saturated rings. The van der Waals surface area contributed by atoms with Crippen molar-refractivity contribution in [2.45, 2.75) is 52.6 Å². The molecule has 0 aromatic carbocycles. The van der Waals surface area contributed by atoms with Gasteiger partial charge in [0.15, 0.2) is 0 Å². The number of carbonyl (C=O) groups excluding carboxylic acids is 1. The van der Waals surface area contributed by atoms with E-state index in [4.69, 9.17) is 9.47 Å². The van der Waals surface area contributed by atoms with Gasteiger partial charge in [0.05, 0.1) is 6.61 Å². The summed E-state index contributed by atoms with van der Waals surface area (Å²) >= 11 is 0. The van der Waals surface area contributed by atoms with Crippen LogP contribution in [-0.4, -0.2) is 42.9 Å². The van der Waals surface area contributed by atoms with Gasteiger partial charge in [-0.1, -0.05) is 6.92 Å². The van der Waals surface area contributed by atoms with Gasteiger partial charge in [-0.05, 0) is 46.0 Å². The fourth-order valence-electron chi connectivity index (χ4n) is 2.38. The Morgan fingerprint density at radius 3 is 2.63 bits per heavy atom. The molecule has 1 amide bonds. The number of nitrogens with zero attached hydrogens (tertiary/aromatic N) is 1. The van der Waals surface area contributed by atoms with E-state index in [-0.39, 0.29) is 11.5 Å². The van der Waals surface area contributed by atoms with E-state index in [2.05, 4.69) is 6.92 Å². The molecule has 2 rings (SSSR count). The minimum Gasteiger partial charge on any atom is -0.444 e. The average molecular weight is 269 g/mol. The first-order chi connectivity index (χ1) is 8.77. The van der Waals surface area contributed by atoms with Crippen molar-refractivity contribution in [3.05, 3.63) is 0 Å². The lowest BCUT2D eigenvalue weighted by Crippen LogP contribution is -2.37. The topological polar surface area (TPSA) is 38.8 Å². The molecule has 1 aliphatic carbocycles. The molecule has 0 bridgehead atoms. The van der Waals surface area contributed by atoms with Crippen molar-refractivity contribution in [3.8, 4) is 0 Å². The molecular formula is C15H27NO3. The third kappa shape index (κ3) is 4.68. The largest absolute Gasteiger partial charge is 0.444 e. The molecule has 0 aromatic heterocycles. The molecule has 0 radical (unpaired) electrons. The molecule has 1 unspecified atom stereocenters. The first kappa shape index (κ1) is 14.6. The third-order valence-corrected chi connectivity index (χ3v) is 3.71. The van der Waals surface area contributed by atoms with Gasteiger partial charge >= 0.3 is 6.09 Å². The lowest BCUT2D eigenvalue weighted by Gasteiger charge is -2.27. The van der Waals surface area contributed by atoms with Crippen LogP contribution >= 0.6 is 0 Å². The SMILES string of the molecule is CC1(COCC2CC2)CCN(C(=O)OC(C)(C)C)C1. The minimum atomic E-state index is -0.418. The van der Waals surface area contributed by atoms with E-state index < -0.39 is 5.60 Å². The third-order valence-electron chi connectivity index (χ3n) is 3.71. The summed E-state index contributed by atoms with van der Waals surface area (Å²) in [6.45, 7) is 11.1. The Morgan fingerprint density at radius 2 is 2.05 bits per heavy atom. The number of amides is 1. The van der Waals surface area contributed by atoms with E-state index in [1.54, 1.807) is 0 Å². The van der Waals surface area contributed by atoms with Crippen molar-refractivity contribution in [1.29, 1.82) is 0 Å². The maximum Gasteiger partial charge on any atom is 0.410 e. The molecule has 1 saturated heterocycles. The Balaban J connectivity index is 1.75. The van der Waals surface area contributed by atoms with Crippen molar-refractivity contribution in [2.24, 2.45) is 11.3 Å². The second-order valence-electron chi connectivity index (χ2n) is 7.42. The van der Waals surface area contributed by atoms with E-state index >= 15 is 0 Å².